The van der Waals surface area contributed by atoms with Gasteiger partial charge in [0.25, 0.3) is 5.89 Å². The molecular weight excluding hydrogens is 314 g/mol. The second kappa shape index (κ2) is 5.81. The molecule has 6 nitrogen and oxygen atoms in total. The summed E-state index contributed by atoms with van der Waals surface area (Å²) in [6.45, 7) is 0. The van der Waals surface area contributed by atoms with E-state index in [9.17, 15) is 0 Å². The molecule has 3 heterocycles. The number of benzene rings is 1. The summed E-state index contributed by atoms with van der Waals surface area (Å²) in [7, 11) is 0. The third-order valence-corrected chi connectivity index (χ3v) is 4.86. The van der Waals surface area contributed by atoms with Crippen molar-refractivity contribution < 1.29 is 4.52 Å². The molecule has 25 heavy (non-hydrogen) atoms. The molecule has 4 aromatic rings. The van der Waals surface area contributed by atoms with E-state index in [0.717, 1.165) is 11.1 Å². The van der Waals surface area contributed by atoms with Crippen LogP contribution in [0, 0.1) is 0 Å². The SMILES string of the molecule is c1ccc(-c2nc(-c3ccc4c(c3)ncn4C3CCCC3)no2)nc1. The second-order valence-electron chi connectivity index (χ2n) is 6.43. The lowest BCUT2D eigenvalue weighted by molar-refractivity contribution is 0.431. The van der Waals surface area contributed by atoms with Crippen LogP contribution in [0.3, 0.4) is 0 Å². The van der Waals surface area contributed by atoms with Gasteiger partial charge in [-0.05, 0) is 43.2 Å². The maximum absolute atomic E-state index is 5.35. The number of aromatic nitrogens is 5. The zero-order chi connectivity index (χ0) is 16.6. The molecule has 0 atom stereocenters. The maximum Gasteiger partial charge on any atom is 0.276 e. The van der Waals surface area contributed by atoms with Gasteiger partial charge in [0, 0.05) is 17.8 Å². The molecule has 0 unspecified atom stereocenters. The summed E-state index contributed by atoms with van der Waals surface area (Å²) in [6.07, 6.45) is 8.76. The Morgan fingerprint density at radius 3 is 2.80 bits per heavy atom. The van der Waals surface area contributed by atoms with Gasteiger partial charge in [-0.1, -0.05) is 24.1 Å². The number of hydrogen-bond acceptors (Lipinski definition) is 5. The first-order chi connectivity index (χ1) is 12.4. The van der Waals surface area contributed by atoms with Crippen molar-refractivity contribution in [3.63, 3.8) is 0 Å². The highest BCUT2D eigenvalue weighted by atomic mass is 16.5. The van der Waals surface area contributed by atoms with Gasteiger partial charge in [-0.3, -0.25) is 4.98 Å². The van der Waals surface area contributed by atoms with E-state index in [1.807, 2.05) is 36.7 Å². The molecule has 0 saturated heterocycles. The van der Waals surface area contributed by atoms with Crippen LogP contribution in [0.15, 0.2) is 53.4 Å². The molecule has 1 fully saturated rings. The van der Waals surface area contributed by atoms with Crippen molar-refractivity contribution in [2.45, 2.75) is 31.7 Å². The summed E-state index contributed by atoms with van der Waals surface area (Å²) in [4.78, 5) is 13.3. The van der Waals surface area contributed by atoms with Gasteiger partial charge < -0.3 is 9.09 Å². The van der Waals surface area contributed by atoms with E-state index in [1.165, 1.54) is 31.2 Å². The monoisotopic (exact) mass is 331 g/mol. The van der Waals surface area contributed by atoms with Gasteiger partial charge in [-0.2, -0.15) is 4.98 Å². The fraction of sp³-hybridized carbons (Fsp3) is 0.263. The first-order valence-electron chi connectivity index (χ1n) is 8.60. The first-order valence-corrected chi connectivity index (χ1v) is 8.60. The molecule has 124 valence electrons. The molecule has 0 spiro atoms. The molecule has 0 bridgehead atoms. The zero-order valence-electron chi connectivity index (χ0n) is 13.7. The molecule has 1 aromatic carbocycles. The third-order valence-electron chi connectivity index (χ3n) is 4.86. The van der Waals surface area contributed by atoms with Gasteiger partial charge in [0.1, 0.15) is 5.69 Å². The van der Waals surface area contributed by atoms with Gasteiger partial charge in [0.2, 0.25) is 5.82 Å². The van der Waals surface area contributed by atoms with Crippen molar-refractivity contribution in [1.29, 1.82) is 0 Å². The van der Waals surface area contributed by atoms with Crippen LogP contribution in [0.5, 0.6) is 0 Å². The third kappa shape index (κ3) is 2.50. The highest BCUT2D eigenvalue weighted by molar-refractivity contribution is 5.81. The molecule has 1 aliphatic rings. The van der Waals surface area contributed by atoms with E-state index >= 15 is 0 Å². The number of rotatable bonds is 3. The molecule has 3 aromatic heterocycles. The average Bonchev–Trinajstić information content (AvgIpc) is 3.41. The molecule has 0 amide bonds. The van der Waals surface area contributed by atoms with E-state index in [2.05, 4.69) is 30.7 Å². The smallest absolute Gasteiger partial charge is 0.276 e. The Labute approximate surface area is 144 Å². The minimum Gasteiger partial charge on any atom is -0.332 e. The Morgan fingerprint density at radius 2 is 1.96 bits per heavy atom. The van der Waals surface area contributed by atoms with Gasteiger partial charge >= 0.3 is 0 Å². The van der Waals surface area contributed by atoms with Gasteiger partial charge in [-0.15, -0.1) is 0 Å². The molecule has 0 aliphatic heterocycles. The van der Waals surface area contributed by atoms with Crippen LogP contribution in [0.4, 0.5) is 0 Å². The number of hydrogen-bond donors (Lipinski definition) is 0. The van der Waals surface area contributed by atoms with Crippen molar-refractivity contribution in [3.05, 3.63) is 48.9 Å². The van der Waals surface area contributed by atoms with Crippen molar-refractivity contribution in [1.82, 2.24) is 24.7 Å². The lowest BCUT2D eigenvalue weighted by Gasteiger charge is -2.11. The Hall–Kier alpha value is -3.02. The van der Waals surface area contributed by atoms with Crippen molar-refractivity contribution in [2.75, 3.05) is 0 Å². The minimum atomic E-state index is 0.423. The van der Waals surface area contributed by atoms with Crippen LogP contribution in [-0.2, 0) is 0 Å². The van der Waals surface area contributed by atoms with Crippen LogP contribution in [-0.4, -0.2) is 24.7 Å². The van der Waals surface area contributed by atoms with Crippen LogP contribution in [0.2, 0.25) is 0 Å². The Morgan fingerprint density at radius 1 is 1.04 bits per heavy atom. The Kier molecular flexibility index (Phi) is 3.33. The highest BCUT2D eigenvalue weighted by Gasteiger charge is 2.19. The second-order valence-corrected chi connectivity index (χ2v) is 6.43. The van der Waals surface area contributed by atoms with E-state index in [4.69, 9.17) is 4.52 Å². The van der Waals surface area contributed by atoms with Crippen molar-refractivity contribution in [2.24, 2.45) is 0 Å². The van der Waals surface area contributed by atoms with Gasteiger partial charge in [0.05, 0.1) is 17.4 Å². The summed E-state index contributed by atoms with van der Waals surface area (Å²) in [5.74, 6) is 0.977. The van der Waals surface area contributed by atoms with Gasteiger partial charge in [-0.25, -0.2) is 4.98 Å². The molecule has 0 N–H and O–H groups in total. The van der Waals surface area contributed by atoms with Gasteiger partial charge in [0.15, 0.2) is 0 Å². The van der Waals surface area contributed by atoms with Crippen molar-refractivity contribution in [3.8, 4) is 23.0 Å². The quantitative estimate of drug-likeness (QED) is 0.561. The van der Waals surface area contributed by atoms with Crippen LogP contribution in [0.25, 0.3) is 34.0 Å². The van der Waals surface area contributed by atoms with E-state index < -0.39 is 0 Å². The lowest BCUT2D eigenvalue weighted by atomic mass is 10.1. The molecule has 1 aliphatic carbocycles. The van der Waals surface area contributed by atoms with Crippen LogP contribution >= 0.6 is 0 Å². The largest absolute Gasteiger partial charge is 0.332 e. The number of imidazole rings is 1. The fourth-order valence-electron chi connectivity index (χ4n) is 3.58. The maximum atomic E-state index is 5.35. The normalized spacial score (nSPS) is 15.2. The standard InChI is InChI=1S/C19H17N5O/c1-2-6-14(5-1)24-12-21-16-11-13(8-9-17(16)24)18-22-19(25-23-18)15-7-3-4-10-20-15/h3-4,7-12,14H,1-2,5-6H2. The summed E-state index contributed by atoms with van der Waals surface area (Å²) < 4.78 is 7.66. The predicted octanol–water partition coefficient (Wildman–Crippen LogP) is 4.26. The van der Waals surface area contributed by atoms with Crippen molar-refractivity contribution >= 4 is 11.0 Å². The summed E-state index contributed by atoms with van der Waals surface area (Å²) >= 11 is 0. The Bertz CT molecular complexity index is 1010. The summed E-state index contributed by atoms with van der Waals surface area (Å²) in [5, 5.41) is 4.09. The minimum absolute atomic E-state index is 0.423. The van der Waals surface area contributed by atoms with E-state index in [0.29, 0.717) is 23.5 Å². The van der Waals surface area contributed by atoms with E-state index in [1.54, 1.807) is 6.20 Å². The summed E-state index contributed by atoms with van der Waals surface area (Å²) in [6, 6.07) is 12.3. The molecule has 5 rings (SSSR count). The molecule has 0 radical (unpaired) electrons. The van der Waals surface area contributed by atoms with Crippen LogP contribution < -0.4 is 0 Å². The predicted molar refractivity (Wildman–Crippen MR) is 93.8 cm³/mol. The fourth-order valence-corrected chi connectivity index (χ4v) is 3.58. The molecular formula is C19H17N5O. The van der Waals surface area contributed by atoms with Crippen LogP contribution in [0.1, 0.15) is 31.7 Å². The average molecular weight is 331 g/mol. The molecule has 1 saturated carbocycles. The number of fused-ring (bicyclic) bond motifs is 1. The molecule has 6 heteroatoms. The highest BCUT2D eigenvalue weighted by Crippen LogP contribution is 2.33. The summed E-state index contributed by atoms with van der Waals surface area (Å²) in [5.41, 5.74) is 3.71. The topological polar surface area (TPSA) is 69.6 Å². The number of pyridine rings is 1. The first kappa shape index (κ1) is 14.3. The number of nitrogens with zero attached hydrogens (tertiary/aromatic N) is 5. The Balaban J connectivity index is 1.50. The van der Waals surface area contributed by atoms with E-state index in [-0.39, 0.29) is 0 Å². The zero-order valence-corrected chi connectivity index (χ0v) is 13.7. The lowest BCUT2D eigenvalue weighted by Crippen LogP contribution is -2.02.